The number of nitrogens with one attached hydrogen (secondary N) is 2. The highest BCUT2D eigenvalue weighted by molar-refractivity contribution is 9.10. The summed E-state index contributed by atoms with van der Waals surface area (Å²) < 4.78 is 30.4. The summed E-state index contributed by atoms with van der Waals surface area (Å²) >= 11 is 3.71. The third-order valence-electron chi connectivity index (χ3n) is 7.13. The molecule has 0 saturated heterocycles. The third kappa shape index (κ3) is 4.25. The van der Waals surface area contributed by atoms with Gasteiger partial charge in [0.25, 0.3) is 10.0 Å². The van der Waals surface area contributed by atoms with Crippen LogP contribution in [0.5, 0.6) is 0 Å². The van der Waals surface area contributed by atoms with Gasteiger partial charge in [-0.05, 0) is 71.0 Å². The summed E-state index contributed by atoms with van der Waals surface area (Å²) in [5.74, 6) is 0.492. The first kappa shape index (κ1) is 23.1. The van der Waals surface area contributed by atoms with E-state index < -0.39 is 10.0 Å². The molecule has 4 aromatic carbocycles. The Labute approximate surface area is 220 Å². The minimum absolute atomic E-state index is 0.150. The molecule has 180 valence electrons. The molecule has 6 rings (SSSR count). The van der Waals surface area contributed by atoms with Gasteiger partial charge in [-0.2, -0.15) is 0 Å². The van der Waals surface area contributed by atoms with E-state index in [0.29, 0.717) is 11.6 Å². The second-order valence-electron chi connectivity index (χ2n) is 9.29. The molecule has 0 unspecified atom stereocenters. The Kier molecular flexibility index (Phi) is 5.94. The van der Waals surface area contributed by atoms with Crippen LogP contribution in [0.4, 0.5) is 11.4 Å². The zero-order valence-electron chi connectivity index (χ0n) is 19.4. The number of fused-ring (bicyclic) bond motifs is 3. The first-order chi connectivity index (χ1) is 17.5. The van der Waals surface area contributed by atoms with Gasteiger partial charge in [-0.25, -0.2) is 8.42 Å². The highest BCUT2D eigenvalue weighted by Crippen LogP contribution is 2.51. The standard InChI is InChI=1S/C30H25BrN2O2S/c31-28-12-5-4-9-26(28)30-25-11-6-10-24(25)27-19-23(17-18-29(27)32-30)36(34,35)33-22-15-13-21(14-16-22)20-7-2-1-3-8-20/h1-10,12-19,24-25,30,32-33H,11H2/t24-,25+,30-/m0/s1. The van der Waals surface area contributed by atoms with Crippen LogP contribution in [0.1, 0.15) is 29.5 Å². The molecule has 0 radical (unpaired) electrons. The Morgan fingerprint density at radius 2 is 1.53 bits per heavy atom. The van der Waals surface area contributed by atoms with E-state index >= 15 is 0 Å². The number of anilines is 2. The molecule has 0 aromatic heterocycles. The van der Waals surface area contributed by atoms with Gasteiger partial charge in [0.15, 0.2) is 0 Å². The lowest BCUT2D eigenvalue weighted by Crippen LogP contribution is -2.29. The molecule has 6 heteroatoms. The van der Waals surface area contributed by atoms with E-state index in [1.807, 2.05) is 60.7 Å². The van der Waals surface area contributed by atoms with Crippen molar-refractivity contribution in [3.63, 3.8) is 0 Å². The van der Waals surface area contributed by atoms with E-state index in [4.69, 9.17) is 0 Å². The molecule has 4 nitrogen and oxygen atoms in total. The lowest BCUT2D eigenvalue weighted by molar-refractivity contribution is 0.424. The molecule has 3 atom stereocenters. The van der Waals surface area contributed by atoms with Crippen LogP contribution in [-0.2, 0) is 10.0 Å². The van der Waals surface area contributed by atoms with E-state index in [1.165, 1.54) is 5.56 Å². The second-order valence-corrected chi connectivity index (χ2v) is 11.8. The first-order valence-corrected chi connectivity index (χ1v) is 14.3. The van der Waals surface area contributed by atoms with Gasteiger partial charge in [0.2, 0.25) is 0 Å². The van der Waals surface area contributed by atoms with Crippen molar-refractivity contribution in [2.75, 3.05) is 10.0 Å². The van der Waals surface area contributed by atoms with Crippen LogP contribution in [0, 0.1) is 5.92 Å². The van der Waals surface area contributed by atoms with Gasteiger partial charge in [-0.15, -0.1) is 0 Å². The lowest BCUT2D eigenvalue weighted by Gasteiger charge is -2.38. The molecule has 4 aromatic rings. The number of hydrogen-bond acceptors (Lipinski definition) is 3. The second kappa shape index (κ2) is 9.26. The maximum Gasteiger partial charge on any atom is 0.261 e. The van der Waals surface area contributed by atoms with Crippen molar-refractivity contribution < 1.29 is 8.42 Å². The lowest BCUT2D eigenvalue weighted by atomic mass is 9.77. The Balaban J connectivity index is 1.28. The SMILES string of the molecule is O=S(=O)(Nc1ccc(-c2ccccc2)cc1)c1ccc2c(c1)[C@H]1C=CC[C@H]1[C@@H](c1ccccc1Br)N2. The number of halogens is 1. The van der Waals surface area contributed by atoms with E-state index in [1.54, 1.807) is 18.2 Å². The van der Waals surface area contributed by atoms with Gasteiger partial charge in [0.05, 0.1) is 10.9 Å². The van der Waals surface area contributed by atoms with Crippen molar-refractivity contribution in [1.29, 1.82) is 0 Å². The highest BCUT2D eigenvalue weighted by atomic mass is 79.9. The quantitative estimate of drug-likeness (QED) is 0.247. The fourth-order valence-electron chi connectivity index (χ4n) is 5.35. The van der Waals surface area contributed by atoms with Gasteiger partial charge < -0.3 is 5.32 Å². The molecule has 1 heterocycles. The van der Waals surface area contributed by atoms with Crippen molar-refractivity contribution in [2.24, 2.45) is 5.92 Å². The third-order valence-corrected chi connectivity index (χ3v) is 9.23. The predicted octanol–water partition coefficient (Wildman–Crippen LogP) is 7.74. The zero-order valence-corrected chi connectivity index (χ0v) is 21.8. The maximum atomic E-state index is 13.3. The first-order valence-electron chi connectivity index (χ1n) is 12.0. The van der Waals surface area contributed by atoms with Crippen LogP contribution in [0.2, 0.25) is 0 Å². The minimum atomic E-state index is -3.73. The normalized spacial score (nSPS) is 20.3. The van der Waals surface area contributed by atoms with Gasteiger partial charge in [-0.3, -0.25) is 4.72 Å². The summed E-state index contributed by atoms with van der Waals surface area (Å²) in [5.41, 5.74) is 5.90. The molecule has 0 amide bonds. The van der Waals surface area contributed by atoms with Crippen LogP contribution < -0.4 is 10.0 Å². The molecule has 1 aliphatic heterocycles. The van der Waals surface area contributed by atoms with Gasteiger partial charge >= 0.3 is 0 Å². The monoisotopic (exact) mass is 556 g/mol. The fourth-order valence-corrected chi connectivity index (χ4v) is 6.98. The summed E-state index contributed by atoms with van der Waals surface area (Å²) in [6.07, 6.45) is 5.39. The van der Waals surface area contributed by atoms with Crippen LogP contribution in [0.25, 0.3) is 11.1 Å². The number of rotatable bonds is 5. The van der Waals surface area contributed by atoms with E-state index in [2.05, 4.69) is 56.3 Å². The summed E-state index contributed by atoms with van der Waals surface area (Å²) in [4.78, 5) is 0.272. The summed E-state index contributed by atoms with van der Waals surface area (Å²) in [6, 6.07) is 31.3. The number of allylic oxidation sites excluding steroid dienone is 2. The summed E-state index contributed by atoms with van der Waals surface area (Å²) in [7, 11) is -3.73. The van der Waals surface area contributed by atoms with E-state index in [9.17, 15) is 8.42 Å². The average Bonchev–Trinajstić information content (AvgIpc) is 3.40. The molecule has 1 aliphatic carbocycles. The molecule has 0 fully saturated rings. The molecule has 0 bridgehead atoms. The molecular formula is C30H25BrN2O2S. The molecule has 2 N–H and O–H groups in total. The van der Waals surface area contributed by atoms with Crippen LogP contribution in [0.15, 0.2) is 119 Å². The number of benzene rings is 4. The minimum Gasteiger partial charge on any atom is -0.378 e. The smallest absolute Gasteiger partial charge is 0.261 e. The van der Waals surface area contributed by atoms with Crippen molar-refractivity contribution in [2.45, 2.75) is 23.3 Å². The molecule has 0 saturated carbocycles. The van der Waals surface area contributed by atoms with Crippen LogP contribution in [0.3, 0.4) is 0 Å². The summed E-state index contributed by atoms with van der Waals surface area (Å²) in [5, 5.41) is 3.69. The fraction of sp³-hybridized carbons (Fsp3) is 0.133. The van der Waals surface area contributed by atoms with Gasteiger partial charge in [0, 0.05) is 21.8 Å². The number of hydrogen-bond donors (Lipinski definition) is 2. The van der Waals surface area contributed by atoms with Crippen molar-refractivity contribution in [3.8, 4) is 11.1 Å². The molecule has 36 heavy (non-hydrogen) atoms. The van der Waals surface area contributed by atoms with Crippen molar-refractivity contribution in [1.82, 2.24) is 0 Å². The largest absolute Gasteiger partial charge is 0.378 e. The van der Waals surface area contributed by atoms with Gasteiger partial charge in [0.1, 0.15) is 0 Å². The predicted molar refractivity (Wildman–Crippen MR) is 150 cm³/mol. The topological polar surface area (TPSA) is 58.2 Å². The van der Waals surface area contributed by atoms with Crippen LogP contribution in [-0.4, -0.2) is 8.42 Å². The molecule has 0 spiro atoms. The average molecular weight is 558 g/mol. The zero-order chi connectivity index (χ0) is 24.7. The van der Waals surface area contributed by atoms with E-state index in [0.717, 1.165) is 33.3 Å². The number of sulfonamides is 1. The van der Waals surface area contributed by atoms with Crippen molar-refractivity contribution >= 4 is 37.3 Å². The maximum absolute atomic E-state index is 13.3. The molecule has 2 aliphatic rings. The highest BCUT2D eigenvalue weighted by Gasteiger charge is 2.39. The van der Waals surface area contributed by atoms with Crippen molar-refractivity contribution in [3.05, 3.63) is 125 Å². The summed E-state index contributed by atoms with van der Waals surface area (Å²) in [6.45, 7) is 0. The molecular weight excluding hydrogens is 532 g/mol. The van der Waals surface area contributed by atoms with Crippen LogP contribution >= 0.6 is 15.9 Å². The van der Waals surface area contributed by atoms with Gasteiger partial charge in [-0.1, -0.05) is 88.7 Å². The Hall–Kier alpha value is -3.35. The Morgan fingerprint density at radius 3 is 2.31 bits per heavy atom. The Bertz CT molecular complexity index is 1550. The Morgan fingerprint density at radius 1 is 0.806 bits per heavy atom. The van der Waals surface area contributed by atoms with E-state index in [-0.39, 0.29) is 16.9 Å².